The number of nitrogens with zero attached hydrogens (tertiary/aromatic N) is 1. The quantitative estimate of drug-likeness (QED) is 0.0772. The average molecular weight is 678 g/mol. The third-order valence-electron chi connectivity index (χ3n) is 7.74. The largest absolute Gasteiger partial charge is 0.497 e. The van der Waals surface area contributed by atoms with Crippen LogP contribution in [0.15, 0.2) is 108 Å². The van der Waals surface area contributed by atoms with Gasteiger partial charge in [-0.05, 0) is 71.3 Å². The van der Waals surface area contributed by atoms with E-state index in [-0.39, 0.29) is 31.0 Å². The zero-order valence-corrected chi connectivity index (χ0v) is 26.5. The van der Waals surface area contributed by atoms with Gasteiger partial charge in [-0.1, -0.05) is 54.6 Å². The fourth-order valence-corrected chi connectivity index (χ4v) is 5.31. The number of ether oxygens (including phenoxy) is 3. The van der Waals surface area contributed by atoms with Crippen molar-refractivity contribution in [3.8, 4) is 11.5 Å². The smallest absolute Gasteiger partial charge is 0.416 e. The number of carbonyl (C=O) groups excluding carboxylic acids is 1. The molecule has 3 N–H and O–H groups in total. The Kier molecular flexibility index (Phi) is 11.3. The van der Waals surface area contributed by atoms with E-state index < -0.39 is 35.1 Å². The lowest BCUT2D eigenvalue weighted by molar-refractivity contribution is -0.138. The normalized spacial score (nSPS) is 17.4. The molecule has 256 valence electrons. The highest BCUT2D eigenvalue weighted by Crippen LogP contribution is 2.43. The maximum atomic E-state index is 14.3. The number of aliphatic hydroxyl groups excluding tert-OH is 1. The minimum Gasteiger partial charge on any atom is -0.497 e. The van der Waals surface area contributed by atoms with Gasteiger partial charge in [0.05, 0.1) is 19.3 Å². The van der Waals surface area contributed by atoms with Crippen LogP contribution in [0.2, 0.25) is 0 Å². The summed E-state index contributed by atoms with van der Waals surface area (Å²) in [6.07, 6.45) is -1.52. The zero-order chi connectivity index (χ0) is 34.9. The fraction of sp³-hybridized carbons (Fsp3) is 0.243. The molecule has 8 nitrogen and oxygen atoms in total. The van der Waals surface area contributed by atoms with Gasteiger partial charge in [0.25, 0.3) is 5.91 Å². The molecule has 0 unspecified atom stereocenters. The van der Waals surface area contributed by atoms with Crippen LogP contribution in [0.4, 0.5) is 17.6 Å². The summed E-state index contributed by atoms with van der Waals surface area (Å²) in [4.78, 5) is 19.2. The van der Waals surface area contributed by atoms with Gasteiger partial charge in [0.1, 0.15) is 17.3 Å². The number of rotatable bonds is 14. The molecule has 5 rings (SSSR count). The number of hydrogen-bond donors (Lipinski definition) is 3. The maximum absolute atomic E-state index is 14.3. The Morgan fingerprint density at radius 2 is 1.78 bits per heavy atom. The Morgan fingerprint density at radius 1 is 1.00 bits per heavy atom. The van der Waals surface area contributed by atoms with Gasteiger partial charge in [-0.2, -0.15) is 13.2 Å². The van der Waals surface area contributed by atoms with Gasteiger partial charge in [0, 0.05) is 31.6 Å². The number of amides is 1. The summed E-state index contributed by atoms with van der Waals surface area (Å²) in [6, 6.07) is 25.6. The molecule has 0 bridgehead atoms. The summed E-state index contributed by atoms with van der Waals surface area (Å²) in [7, 11) is 1.52. The van der Waals surface area contributed by atoms with Crippen LogP contribution >= 0.6 is 0 Å². The molecule has 49 heavy (non-hydrogen) atoms. The molecule has 0 saturated carbocycles. The predicted molar refractivity (Wildman–Crippen MR) is 176 cm³/mol. The first-order valence-electron chi connectivity index (χ1n) is 15.5. The number of carbonyl (C=O) groups is 1. The van der Waals surface area contributed by atoms with Gasteiger partial charge in [0.15, 0.2) is 11.6 Å². The lowest BCUT2D eigenvalue weighted by Crippen LogP contribution is -2.52. The first kappa shape index (κ1) is 35.1. The molecule has 0 radical (unpaired) electrons. The number of aliphatic imine (C=N–C) groups is 1. The number of aliphatic hydroxyl groups is 1. The van der Waals surface area contributed by atoms with Gasteiger partial charge in [-0.25, -0.2) is 14.8 Å². The van der Waals surface area contributed by atoms with Crippen LogP contribution in [0.5, 0.6) is 11.5 Å². The van der Waals surface area contributed by atoms with Crippen LogP contribution < -0.4 is 20.3 Å². The molecule has 0 fully saturated rings. The summed E-state index contributed by atoms with van der Waals surface area (Å²) >= 11 is 0. The summed E-state index contributed by atoms with van der Waals surface area (Å²) < 4.78 is 71.5. The van der Waals surface area contributed by atoms with Crippen molar-refractivity contribution in [2.75, 3.05) is 20.3 Å². The van der Waals surface area contributed by atoms with Crippen molar-refractivity contribution in [1.29, 1.82) is 0 Å². The SMILES string of the molecule is COc1cccc([C@@H]2OC(c3ccc(OCCCO)cc3)=N[C@]2(C/C=C/c2ccccc2)C(=O)NNCc2cc(F)cc(C(F)(F)F)c2)c1. The van der Waals surface area contributed by atoms with Gasteiger partial charge in [-0.15, -0.1) is 0 Å². The molecule has 0 aliphatic carbocycles. The van der Waals surface area contributed by atoms with Gasteiger partial charge < -0.3 is 19.3 Å². The minimum absolute atomic E-state index is 0.00292. The molecule has 0 spiro atoms. The number of nitrogens with one attached hydrogen (secondary N) is 2. The molecule has 0 aromatic heterocycles. The van der Waals surface area contributed by atoms with Crippen molar-refractivity contribution in [2.24, 2.45) is 4.99 Å². The topological polar surface area (TPSA) is 101 Å². The van der Waals surface area contributed by atoms with E-state index in [1.165, 1.54) is 7.11 Å². The Morgan fingerprint density at radius 3 is 2.49 bits per heavy atom. The number of benzene rings is 4. The van der Waals surface area contributed by atoms with E-state index in [0.29, 0.717) is 41.7 Å². The minimum atomic E-state index is -4.74. The third-order valence-corrected chi connectivity index (χ3v) is 7.74. The van der Waals surface area contributed by atoms with Crippen molar-refractivity contribution in [3.05, 3.63) is 137 Å². The van der Waals surface area contributed by atoms with Crippen molar-refractivity contribution in [1.82, 2.24) is 10.9 Å². The summed E-state index contributed by atoms with van der Waals surface area (Å²) in [5.74, 6) is -0.410. The van der Waals surface area contributed by atoms with Gasteiger partial charge >= 0.3 is 6.18 Å². The van der Waals surface area contributed by atoms with E-state index in [1.54, 1.807) is 54.6 Å². The monoisotopic (exact) mass is 677 g/mol. The molecule has 1 amide bonds. The molecule has 0 saturated heterocycles. The van der Waals surface area contributed by atoms with E-state index in [4.69, 9.17) is 24.3 Å². The van der Waals surface area contributed by atoms with E-state index in [9.17, 15) is 22.4 Å². The number of hydrogen-bond acceptors (Lipinski definition) is 7. The summed E-state index contributed by atoms with van der Waals surface area (Å²) in [5, 5.41) is 9.05. The molecule has 1 aliphatic heterocycles. The first-order valence-corrected chi connectivity index (χ1v) is 15.5. The molecular weight excluding hydrogens is 642 g/mol. The first-order chi connectivity index (χ1) is 23.6. The lowest BCUT2D eigenvalue weighted by Gasteiger charge is -2.30. The average Bonchev–Trinajstić information content (AvgIpc) is 3.49. The molecule has 4 aromatic carbocycles. The maximum Gasteiger partial charge on any atom is 0.416 e. The van der Waals surface area contributed by atoms with E-state index in [2.05, 4.69) is 10.9 Å². The Balaban J connectivity index is 1.50. The molecule has 2 atom stereocenters. The highest BCUT2D eigenvalue weighted by Gasteiger charge is 2.52. The Labute approximate surface area is 281 Å². The van der Waals surface area contributed by atoms with Crippen molar-refractivity contribution < 1.29 is 41.7 Å². The number of halogens is 4. The Bertz CT molecular complexity index is 1780. The summed E-state index contributed by atoms with van der Waals surface area (Å²) in [6.45, 7) is 0.0346. The molecule has 1 heterocycles. The van der Waals surface area contributed by atoms with Crippen molar-refractivity contribution in [3.63, 3.8) is 0 Å². The van der Waals surface area contributed by atoms with Crippen LogP contribution in [0, 0.1) is 5.82 Å². The third kappa shape index (κ3) is 8.84. The molecule has 1 aliphatic rings. The van der Waals surface area contributed by atoms with Crippen LogP contribution in [-0.2, 0) is 22.3 Å². The summed E-state index contributed by atoms with van der Waals surface area (Å²) in [5.41, 5.74) is 4.51. The standard InChI is InChI=1S/C37H35F4N3O5/c1-47-32-12-5-11-28(22-32)33-36(17-6-10-25-8-3-2-4-9-25,43-34(49-33)27-13-15-31(16-14-27)48-19-7-18-45)35(46)44-42-24-26-20-29(37(39,40)41)23-30(38)21-26/h2-6,8-16,20-23,33,42,45H,7,17-19,24H2,1H3,(H,44,46)/b10-6+/t33-,36-/m0/s1. The second-order valence-electron chi connectivity index (χ2n) is 11.2. The van der Waals surface area contributed by atoms with E-state index in [0.717, 1.165) is 17.7 Å². The number of alkyl halides is 3. The Hall–Kier alpha value is -5.20. The van der Waals surface area contributed by atoms with Crippen LogP contribution in [0.25, 0.3) is 6.08 Å². The highest BCUT2D eigenvalue weighted by molar-refractivity contribution is 6.01. The van der Waals surface area contributed by atoms with Crippen molar-refractivity contribution in [2.45, 2.75) is 37.2 Å². The van der Waals surface area contributed by atoms with Gasteiger partial charge in [-0.3, -0.25) is 10.2 Å². The van der Waals surface area contributed by atoms with E-state index in [1.807, 2.05) is 36.4 Å². The van der Waals surface area contributed by atoms with Crippen LogP contribution in [0.1, 0.15) is 46.8 Å². The van der Waals surface area contributed by atoms with Crippen molar-refractivity contribution >= 4 is 17.9 Å². The highest BCUT2D eigenvalue weighted by atomic mass is 19.4. The lowest BCUT2D eigenvalue weighted by atomic mass is 9.84. The number of methoxy groups -OCH3 is 1. The van der Waals surface area contributed by atoms with Crippen LogP contribution in [-0.4, -0.2) is 42.8 Å². The molecule has 12 heteroatoms. The zero-order valence-electron chi connectivity index (χ0n) is 26.5. The molecule has 4 aromatic rings. The second-order valence-corrected chi connectivity index (χ2v) is 11.2. The second kappa shape index (κ2) is 15.8. The predicted octanol–water partition coefficient (Wildman–Crippen LogP) is 6.80. The fourth-order valence-electron chi connectivity index (χ4n) is 5.31. The van der Waals surface area contributed by atoms with E-state index >= 15 is 0 Å². The van der Waals surface area contributed by atoms with Gasteiger partial charge in [0.2, 0.25) is 5.90 Å². The molecular formula is C37H35F4N3O5. The number of hydrazine groups is 1. The van der Waals surface area contributed by atoms with Crippen LogP contribution in [0.3, 0.4) is 0 Å².